The third-order valence-electron chi connectivity index (χ3n) is 4.76. The van der Waals surface area contributed by atoms with E-state index in [0.29, 0.717) is 25.0 Å². The normalized spacial score (nSPS) is 15.9. The molecule has 10 heteroatoms. The summed E-state index contributed by atoms with van der Waals surface area (Å²) in [5.74, 6) is -0.959. The van der Waals surface area contributed by atoms with E-state index in [-0.39, 0.29) is 23.8 Å². The monoisotopic (exact) mass is 414 g/mol. The van der Waals surface area contributed by atoms with Crippen molar-refractivity contribution in [3.63, 3.8) is 0 Å². The molecule has 30 heavy (non-hydrogen) atoms. The number of aryl methyl sites for hydroxylation is 1. The third kappa shape index (κ3) is 4.28. The Morgan fingerprint density at radius 3 is 2.83 bits per heavy atom. The van der Waals surface area contributed by atoms with Gasteiger partial charge in [-0.15, -0.1) is 0 Å². The smallest absolute Gasteiger partial charge is 0.271 e. The fraction of sp³-hybridized carbons (Fsp3) is 0.300. The largest absolute Gasteiger partial charge is 0.379 e. The quantitative estimate of drug-likeness (QED) is 0.643. The van der Waals surface area contributed by atoms with Crippen LogP contribution in [-0.4, -0.2) is 44.7 Å². The molecule has 1 atom stereocenters. The first-order chi connectivity index (χ1) is 14.5. The van der Waals surface area contributed by atoms with Crippen LogP contribution in [0.15, 0.2) is 36.9 Å². The van der Waals surface area contributed by atoms with Gasteiger partial charge in [0.1, 0.15) is 29.5 Å². The molecular weight excluding hydrogens is 394 g/mol. The van der Waals surface area contributed by atoms with Crippen LogP contribution in [0.25, 0.3) is 5.82 Å². The molecule has 2 aromatic heterocycles. The lowest BCUT2D eigenvalue weighted by atomic mass is 10.2. The van der Waals surface area contributed by atoms with E-state index in [9.17, 15) is 13.6 Å². The fourth-order valence-corrected chi connectivity index (χ4v) is 3.11. The number of anilines is 1. The molecule has 1 saturated heterocycles. The second-order valence-electron chi connectivity index (χ2n) is 6.95. The maximum absolute atomic E-state index is 13.7. The zero-order valence-electron chi connectivity index (χ0n) is 16.2. The van der Waals surface area contributed by atoms with Gasteiger partial charge in [-0.25, -0.2) is 18.7 Å². The zero-order valence-corrected chi connectivity index (χ0v) is 16.2. The van der Waals surface area contributed by atoms with Gasteiger partial charge in [-0.3, -0.25) is 9.36 Å². The first kappa shape index (κ1) is 19.9. The Bertz CT molecular complexity index is 1040. The number of benzene rings is 1. The van der Waals surface area contributed by atoms with Crippen molar-refractivity contribution in [3.05, 3.63) is 65.4 Å². The van der Waals surface area contributed by atoms with Crippen LogP contribution in [0.4, 0.5) is 14.7 Å². The summed E-state index contributed by atoms with van der Waals surface area (Å²) in [5.41, 5.74) is 0.688. The Hall–Kier alpha value is -3.40. The number of halogens is 2. The van der Waals surface area contributed by atoms with Gasteiger partial charge in [0.15, 0.2) is 0 Å². The zero-order chi connectivity index (χ0) is 21.1. The van der Waals surface area contributed by atoms with E-state index in [1.807, 2.05) is 6.92 Å². The lowest BCUT2D eigenvalue weighted by Gasteiger charge is -2.12. The standard InChI is InChI=1S/C20H20F2N6O2/c1-12-7-24-20(26-13-5-6-30-10-13)27-18(12)28-9-17(25-11-28)19(29)23-8-14-15(21)3-2-4-16(14)22/h2-4,7,9,11,13H,5-6,8,10H2,1H3,(H,23,29)(H,24,26,27). The number of aromatic nitrogens is 4. The number of hydrogen-bond acceptors (Lipinski definition) is 6. The number of ether oxygens (including phenoxy) is 1. The number of hydrogen-bond donors (Lipinski definition) is 2. The molecule has 8 nitrogen and oxygen atoms in total. The molecular formula is C20H20F2N6O2. The first-order valence-electron chi connectivity index (χ1n) is 9.44. The van der Waals surface area contributed by atoms with Gasteiger partial charge in [-0.1, -0.05) is 6.07 Å². The lowest BCUT2D eigenvalue weighted by molar-refractivity contribution is 0.0945. The number of amides is 1. The highest BCUT2D eigenvalue weighted by Crippen LogP contribution is 2.16. The molecule has 3 heterocycles. The molecule has 1 fully saturated rings. The molecule has 1 unspecified atom stereocenters. The molecule has 4 rings (SSSR count). The Morgan fingerprint density at radius 1 is 1.30 bits per heavy atom. The van der Waals surface area contributed by atoms with E-state index in [2.05, 4.69) is 25.6 Å². The fourth-order valence-electron chi connectivity index (χ4n) is 3.11. The molecule has 1 aliphatic rings. The first-order valence-corrected chi connectivity index (χ1v) is 9.44. The van der Waals surface area contributed by atoms with Crippen molar-refractivity contribution >= 4 is 11.9 Å². The molecule has 1 amide bonds. The summed E-state index contributed by atoms with van der Waals surface area (Å²) in [6.45, 7) is 2.87. The molecule has 0 radical (unpaired) electrons. The van der Waals surface area contributed by atoms with Crippen LogP contribution < -0.4 is 10.6 Å². The highest BCUT2D eigenvalue weighted by Gasteiger charge is 2.18. The summed E-state index contributed by atoms with van der Waals surface area (Å²) in [7, 11) is 0. The second kappa shape index (κ2) is 8.54. The molecule has 0 spiro atoms. The molecule has 3 aromatic rings. The van der Waals surface area contributed by atoms with E-state index in [4.69, 9.17) is 4.74 Å². The summed E-state index contributed by atoms with van der Waals surface area (Å²) >= 11 is 0. The minimum Gasteiger partial charge on any atom is -0.379 e. The molecule has 1 aromatic carbocycles. The Balaban J connectivity index is 1.47. The number of carbonyl (C=O) groups is 1. The van der Waals surface area contributed by atoms with Gasteiger partial charge in [-0.2, -0.15) is 4.98 Å². The van der Waals surface area contributed by atoms with Gasteiger partial charge in [0.05, 0.1) is 12.6 Å². The maximum atomic E-state index is 13.7. The van der Waals surface area contributed by atoms with Crippen molar-refractivity contribution in [3.8, 4) is 5.82 Å². The average Bonchev–Trinajstić information content (AvgIpc) is 3.41. The van der Waals surface area contributed by atoms with Crippen LogP contribution in [0.1, 0.15) is 28.0 Å². The predicted octanol–water partition coefficient (Wildman–Crippen LogP) is 2.38. The van der Waals surface area contributed by atoms with Gasteiger partial charge in [-0.05, 0) is 25.5 Å². The van der Waals surface area contributed by atoms with E-state index >= 15 is 0 Å². The molecule has 0 saturated carbocycles. The van der Waals surface area contributed by atoms with Gasteiger partial charge in [0.2, 0.25) is 5.95 Å². The van der Waals surface area contributed by atoms with Gasteiger partial charge >= 0.3 is 0 Å². The van der Waals surface area contributed by atoms with E-state index in [1.165, 1.54) is 18.6 Å². The summed E-state index contributed by atoms with van der Waals surface area (Å²) in [6, 6.07) is 3.70. The summed E-state index contributed by atoms with van der Waals surface area (Å²) in [4.78, 5) is 25.3. The molecule has 0 aliphatic carbocycles. The van der Waals surface area contributed by atoms with Crippen LogP contribution in [-0.2, 0) is 11.3 Å². The number of rotatable bonds is 6. The summed E-state index contributed by atoms with van der Waals surface area (Å²) in [5, 5.41) is 5.71. The van der Waals surface area contributed by atoms with Crippen LogP contribution in [0.5, 0.6) is 0 Å². The van der Waals surface area contributed by atoms with Crippen molar-refractivity contribution in [2.75, 3.05) is 18.5 Å². The minimum absolute atomic E-state index is 0.100. The lowest BCUT2D eigenvalue weighted by Crippen LogP contribution is -2.24. The summed E-state index contributed by atoms with van der Waals surface area (Å²) < 4.78 is 34.4. The molecule has 2 N–H and O–H groups in total. The summed E-state index contributed by atoms with van der Waals surface area (Å²) in [6.07, 6.45) is 5.52. The van der Waals surface area contributed by atoms with Crippen molar-refractivity contribution in [1.29, 1.82) is 0 Å². The average molecular weight is 414 g/mol. The minimum atomic E-state index is -0.717. The van der Waals surface area contributed by atoms with Crippen molar-refractivity contribution < 1.29 is 18.3 Å². The van der Waals surface area contributed by atoms with Gasteiger partial charge in [0, 0.05) is 36.7 Å². The Labute approximate surface area is 171 Å². The SMILES string of the molecule is Cc1cnc(NC2CCOC2)nc1-n1cnc(C(=O)NCc2c(F)cccc2F)c1. The van der Waals surface area contributed by atoms with E-state index < -0.39 is 17.5 Å². The highest BCUT2D eigenvalue weighted by molar-refractivity contribution is 5.92. The van der Waals surface area contributed by atoms with Crippen LogP contribution in [0, 0.1) is 18.6 Å². The maximum Gasteiger partial charge on any atom is 0.271 e. The van der Waals surface area contributed by atoms with E-state index in [0.717, 1.165) is 24.1 Å². The molecule has 156 valence electrons. The van der Waals surface area contributed by atoms with Crippen LogP contribution >= 0.6 is 0 Å². The van der Waals surface area contributed by atoms with Crippen LogP contribution in [0.3, 0.4) is 0 Å². The second-order valence-corrected chi connectivity index (χ2v) is 6.95. The van der Waals surface area contributed by atoms with Crippen molar-refractivity contribution in [2.24, 2.45) is 0 Å². The van der Waals surface area contributed by atoms with E-state index in [1.54, 1.807) is 10.8 Å². The molecule has 0 bridgehead atoms. The Kier molecular flexibility index (Phi) is 5.66. The third-order valence-corrected chi connectivity index (χ3v) is 4.76. The van der Waals surface area contributed by atoms with Crippen molar-refractivity contribution in [1.82, 2.24) is 24.8 Å². The molecule has 1 aliphatic heterocycles. The highest BCUT2D eigenvalue weighted by atomic mass is 19.1. The van der Waals surface area contributed by atoms with Crippen LogP contribution in [0.2, 0.25) is 0 Å². The predicted molar refractivity (Wildman–Crippen MR) is 104 cm³/mol. The number of imidazole rings is 1. The number of nitrogens with zero attached hydrogens (tertiary/aromatic N) is 4. The Morgan fingerprint density at radius 2 is 2.10 bits per heavy atom. The van der Waals surface area contributed by atoms with Gasteiger partial charge in [0.25, 0.3) is 5.91 Å². The number of nitrogens with one attached hydrogen (secondary N) is 2. The van der Waals surface area contributed by atoms with Gasteiger partial charge < -0.3 is 15.4 Å². The van der Waals surface area contributed by atoms with Crippen molar-refractivity contribution in [2.45, 2.75) is 25.9 Å². The number of carbonyl (C=O) groups excluding carboxylic acids is 1. The topological polar surface area (TPSA) is 94.0 Å².